The third kappa shape index (κ3) is 7.70. The zero-order valence-corrected chi connectivity index (χ0v) is 17.3. The molecule has 7 nitrogen and oxygen atoms in total. The van der Waals surface area contributed by atoms with E-state index in [-0.39, 0.29) is 0 Å². The average molecular weight is 396 g/mol. The van der Waals surface area contributed by atoms with Crippen molar-refractivity contribution in [3.63, 3.8) is 0 Å². The molecule has 1 aromatic carbocycles. The third-order valence-electron chi connectivity index (χ3n) is 4.45. The smallest absolute Gasteiger partial charge is 0.186 e. The number of benzene rings is 1. The number of quaternary nitrogens is 1. The first kappa shape index (κ1) is 21.4. The topological polar surface area (TPSA) is 68.5 Å². The molecule has 0 unspecified atom stereocenters. The van der Waals surface area contributed by atoms with Crippen LogP contribution >= 0.6 is 12.2 Å². The van der Waals surface area contributed by atoms with Crippen molar-refractivity contribution in [1.82, 2.24) is 10.7 Å². The van der Waals surface area contributed by atoms with Crippen LogP contribution in [0.3, 0.4) is 0 Å². The quantitative estimate of drug-likeness (QED) is 0.243. The standard InChI is InChI=1S/C19H30N4O3S/c1-15(13-16-5-6-17(24-2)18(14-16)25-3)21-22-19(27)20-7-4-8-23-9-11-26-12-10-23/h5-6,14H,4,7-13H2,1-3H3,(H2,20,22,27)/p+1/b21-15-. The first-order valence-electron chi connectivity index (χ1n) is 9.31. The maximum absolute atomic E-state index is 5.37. The number of hydrogen-bond acceptors (Lipinski definition) is 5. The average Bonchev–Trinajstić information content (AvgIpc) is 2.70. The van der Waals surface area contributed by atoms with Crippen LogP contribution in [0, 0.1) is 0 Å². The predicted octanol–water partition coefficient (Wildman–Crippen LogP) is 0.392. The Bertz CT molecular complexity index is 633. The minimum Gasteiger partial charge on any atom is -0.493 e. The Morgan fingerprint density at radius 1 is 1.22 bits per heavy atom. The van der Waals surface area contributed by atoms with Gasteiger partial charge in [0.1, 0.15) is 13.1 Å². The summed E-state index contributed by atoms with van der Waals surface area (Å²) in [6.07, 6.45) is 1.78. The number of thiocarbonyl (C=S) groups is 1. The Hall–Kier alpha value is -1.90. The fourth-order valence-corrected chi connectivity index (χ4v) is 3.11. The summed E-state index contributed by atoms with van der Waals surface area (Å²) in [7, 11) is 3.26. The van der Waals surface area contributed by atoms with Gasteiger partial charge in [-0.3, -0.25) is 5.43 Å². The number of morpholine rings is 1. The molecule has 1 aromatic rings. The van der Waals surface area contributed by atoms with Crippen LogP contribution in [-0.4, -0.2) is 64.4 Å². The molecule has 0 bridgehead atoms. The van der Waals surface area contributed by atoms with Crippen molar-refractivity contribution in [3.8, 4) is 11.5 Å². The van der Waals surface area contributed by atoms with Gasteiger partial charge in [0.15, 0.2) is 16.6 Å². The number of nitrogens with one attached hydrogen (secondary N) is 3. The van der Waals surface area contributed by atoms with Crippen LogP contribution in [0.5, 0.6) is 11.5 Å². The van der Waals surface area contributed by atoms with Gasteiger partial charge in [0.2, 0.25) is 0 Å². The van der Waals surface area contributed by atoms with Crippen LogP contribution in [0.15, 0.2) is 23.3 Å². The summed E-state index contributed by atoms with van der Waals surface area (Å²) in [5.74, 6) is 1.44. The third-order valence-corrected chi connectivity index (χ3v) is 4.68. The first-order valence-corrected chi connectivity index (χ1v) is 9.72. The highest BCUT2D eigenvalue weighted by atomic mass is 32.1. The van der Waals surface area contributed by atoms with E-state index >= 15 is 0 Å². The van der Waals surface area contributed by atoms with E-state index in [0.29, 0.717) is 11.5 Å². The number of hydrogen-bond donors (Lipinski definition) is 3. The second-order valence-electron chi connectivity index (χ2n) is 6.55. The molecule has 2 rings (SSSR count). The van der Waals surface area contributed by atoms with Gasteiger partial charge >= 0.3 is 0 Å². The lowest BCUT2D eigenvalue weighted by molar-refractivity contribution is -0.908. The minimum atomic E-state index is 0.554. The van der Waals surface area contributed by atoms with Gasteiger partial charge in [-0.2, -0.15) is 5.10 Å². The highest BCUT2D eigenvalue weighted by molar-refractivity contribution is 7.80. The molecule has 3 N–H and O–H groups in total. The fraction of sp³-hybridized carbons (Fsp3) is 0.579. The van der Waals surface area contributed by atoms with E-state index in [1.165, 1.54) is 0 Å². The maximum atomic E-state index is 5.37. The molecule has 1 fully saturated rings. The van der Waals surface area contributed by atoms with E-state index in [9.17, 15) is 0 Å². The van der Waals surface area contributed by atoms with Gasteiger partial charge in [0, 0.05) is 25.1 Å². The van der Waals surface area contributed by atoms with E-state index in [1.807, 2.05) is 25.1 Å². The van der Waals surface area contributed by atoms with Gasteiger partial charge in [0.05, 0.1) is 34.0 Å². The largest absolute Gasteiger partial charge is 0.493 e. The Morgan fingerprint density at radius 3 is 2.67 bits per heavy atom. The zero-order chi connectivity index (χ0) is 19.5. The summed E-state index contributed by atoms with van der Waals surface area (Å²) < 4.78 is 16.0. The van der Waals surface area contributed by atoms with E-state index < -0.39 is 0 Å². The van der Waals surface area contributed by atoms with Crippen molar-refractivity contribution >= 4 is 23.0 Å². The first-order chi connectivity index (χ1) is 13.1. The summed E-state index contributed by atoms with van der Waals surface area (Å²) in [6.45, 7) is 7.90. The van der Waals surface area contributed by atoms with E-state index in [4.69, 9.17) is 26.4 Å². The summed E-state index contributed by atoms with van der Waals surface area (Å²) >= 11 is 5.29. The molecular formula is C19H31N4O3S+. The van der Waals surface area contributed by atoms with Crippen molar-refractivity contribution in [2.75, 3.05) is 53.6 Å². The predicted molar refractivity (Wildman–Crippen MR) is 111 cm³/mol. The molecule has 0 aliphatic carbocycles. The van der Waals surface area contributed by atoms with Crippen molar-refractivity contribution in [1.29, 1.82) is 0 Å². The fourth-order valence-electron chi connectivity index (χ4n) is 2.96. The van der Waals surface area contributed by atoms with Crippen LogP contribution in [0.2, 0.25) is 0 Å². The van der Waals surface area contributed by atoms with Crippen molar-refractivity contribution < 1.29 is 19.1 Å². The Kier molecular flexibility index (Phi) is 9.30. The van der Waals surface area contributed by atoms with Crippen LogP contribution in [0.1, 0.15) is 18.9 Å². The molecule has 27 heavy (non-hydrogen) atoms. The Morgan fingerprint density at radius 2 is 1.96 bits per heavy atom. The Balaban J connectivity index is 1.68. The molecule has 0 aromatic heterocycles. The summed E-state index contributed by atoms with van der Waals surface area (Å²) in [4.78, 5) is 1.60. The summed E-state index contributed by atoms with van der Waals surface area (Å²) in [6, 6.07) is 5.87. The van der Waals surface area contributed by atoms with Crippen molar-refractivity contribution in [3.05, 3.63) is 23.8 Å². The van der Waals surface area contributed by atoms with Crippen LogP contribution in [-0.2, 0) is 11.2 Å². The van der Waals surface area contributed by atoms with Gasteiger partial charge in [-0.05, 0) is 36.8 Å². The monoisotopic (exact) mass is 395 g/mol. The van der Waals surface area contributed by atoms with Gasteiger partial charge in [-0.25, -0.2) is 0 Å². The second kappa shape index (κ2) is 11.7. The lowest BCUT2D eigenvalue weighted by atomic mass is 10.1. The number of ether oxygens (including phenoxy) is 3. The normalized spacial score (nSPS) is 15.3. The van der Waals surface area contributed by atoms with Gasteiger partial charge in [-0.15, -0.1) is 0 Å². The zero-order valence-electron chi connectivity index (χ0n) is 16.5. The second-order valence-corrected chi connectivity index (χ2v) is 6.96. The summed E-state index contributed by atoms with van der Waals surface area (Å²) in [5.41, 5.74) is 4.95. The molecule has 0 spiro atoms. The lowest BCUT2D eigenvalue weighted by Gasteiger charge is -2.23. The van der Waals surface area contributed by atoms with E-state index in [1.54, 1.807) is 19.1 Å². The Labute approximate surface area is 167 Å². The van der Waals surface area contributed by atoms with Crippen molar-refractivity contribution in [2.24, 2.45) is 5.10 Å². The molecule has 150 valence electrons. The lowest BCUT2D eigenvalue weighted by Crippen LogP contribution is -3.14. The van der Waals surface area contributed by atoms with Gasteiger partial charge < -0.3 is 24.4 Å². The van der Waals surface area contributed by atoms with Crippen LogP contribution in [0.25, 0.3) is 0 Å². The number of hydrazone groups is 1. The SMILES string of the molecule is COc1ccc(C/C(C)=N\NC(=S)NCCC[NH+]2CCOCC2)cc1OC. The molecule has 0 atom stereocenters. The maximum Gasteiger partial charge on any atom is 0.186 e. The molecule has 1 aliphatic rings. The molecule has 0 saturated carbocycles. The molecular weight excluding hydrogens is 364 g/mol. The summed E-state index contributed by atoms with van der Waals surface area (Å²) in [5, 5.41) is 8.12. The molecule has 1 heterocycles. The van der Waals surface area contributed by atoms with Crippen LogP contribution < -0.4 is 25.1 Å². The van der Waals surface area contributed by atoms with Crippen molar-refractivity contribution in [2.45, 2.75) is 19.8 Å². The van der Waals surface area contributed by atoms with Crippen LogP contribution in [0.4, 0.5) is 0 Å². The number of rotatable bonds is 9. The number of nitrogens with zero attached hydrogens (tertiary/aromatic N) is 1. The molecule has 1 aliphatic heterocycles. The van der Waals surface area contributed by atoms with E-state index in [2.05, 4.69) is 15.8 Å². The molecule has 0 radical (unpaired) electrons. The molecule has 0 amide bonds. The molecule has 8 heteroatoms. The highest BCUT2D eigenvalue weighted by Gasteiger charge is 2.12. The van der Waals surface area contributed by atoms with E-state index in [0.717, 1.165) is 68.6 Å². The minimum absolute atomic E-state index is 0.554. The number of methoxy groups -OCH3 is 2. The van der Waals surface area contributed by atoms with Gasteiger partial charge in [0.25, 0.3) is 0 Å². The molecule has 1 saturated heterocycles. The van der Waals surface area contributed by atoms with Gasteiger partial charge in [-0.1, -0.05) is 6.07 Å². The highest BCUT2D eigenvalue weighted by Crippen LogP contribution is 2.27.